The number of nitrogens with zero attached hydrogens (tertiary/aromatic N) is 1. The molecule has 1 aromatic carbocycles. The highest BCUT2D eigenvalue weighted by atomic mass is 35.5. The summed E-state index contributed by atoms with van der Waals surface area (Å²) >= 11 is 0. The van der Waals surface area contributed by atoms with Crippen LogP contribution in [0.2, 0.25) is 0 Å². The van der Waals surface area contributed by atoms with Gasteiger partial charge in [-0.15, -0.1) is 24.8 Å². The van der Waals surface area contributed by atoms with Gasteiger partial charge < -0.3 is 20.7 Å². The van der Waals surface area contributed by atoms with Crippen molar-refractivity contribution in [2.45, 2.75) is 26.3 Å². The Kier molecular flexibility index (Phi) is 8.74. The van der Waals surface area contributed by atoms with Gasteiger partial charge in [0.1, 0.15) is 5.75 Å². The molecule has 1 amide bonds. The lowest BCUT2D eigenvalue weighted by Crippen LogP contribution is -2.54. The number of methoxy groups -OCH3 is 1. The monoisotopic (exact) mass is 363 g/mol. The average Bonchev–Trinajstić information content (AvgIpc) is 2.47. The summed E-state index contributed by atoms with van der Waals surface area (Å²) in [5.74, 6) is 0.840. The summed E-state index contributed by atoms with van der Waals surface area (Å²) in [4.78, 5) is 14.2. The minimum Gasteiger partial charge on any atom is -0.495 e. The summed E-state index contributed by atoms with van der Waals surface area (Å²) in [7, 11) is 1.62. The van der Waals surface area contributed by atoms with Crippen LogP contribution < -0.4 is 15.8 Å². The van der Waals surface area contributed by atoms with E-state index in [9.17, 15) is 4.79 Å². The van der Waals surface area contributed by atoms with E-state index in [0.717, 1.165) is 24.4 Å². The first-order chi connectivity index (χ1) is 9.94. The predicted octanol–water partition coefficient (Wildman–Crippen LogP) is 2.54. The van der Waals surface area contributed by atoms with Crippen LogP contribution in [0.5, 0.6) is 5.75 Å². The van der Waals surface area contributed by atoms with Gasteiger partial charge in [-0.25, -0.2) is 0 Å². The number of carbonyl (C=O) groups is 1. The maximum atomic E-state index is 12.3. The molecule has 7 heteroatoms. The molecule has 1 aromatic rings. The van der Waals surface area contributed by atoms with Crippen molar-refractivity contribution in [3.63, 3.8) is 0 Å². The van der Waals surface area contributed by atoms with E-state index in [-0.39, 0.29) is 48.7 Å². The van der Waals surface area contributed by atoms with Crippen molar-refractivity contribution < 1.29 is 9.53 Å². The van der Waals surface area contributed by atoms with Gasteiger partial charge in [-0.3, -0.25) is 4.79 Å². The van der Waals surface area contributed by atoms with Gasteiger partial charge in [-0.1, -0.05) is 26.0 Å². The molecule has 23 heavy (non-hydrogen) atoms. The molecule has 0 aromatic heterocycles. The first-order valence-electron chi connectivity index (χ1n) is 7.34. The van der Waals surface area contributed by atoms with Gasteiger partial charge in [-0.05, 0) is 24.0 Å². The predicted molar refractivity (Wildman–Crippen MR) is 98.9 cm³/mol. The molecule has 1 atom stereocenters. The Morgan fingerprint density at radius 3 is 2.65 bits per heavy atom. The van der Waals surface area contributed by atoms with Gasteiger partial charge in [0, 0.05) is 19.1 Å². The molecule has 1 saturated heterocycles. The molecule has 0 spiro atoms. The molecule has 1 aliphatic rings. The van der Waals surface area contributed by atoms with E-state index in [1.165, 1.54) is 0 Å². The first kappa shape index (κ1) is 21.8. The molecule has 3 N–H and O–H groups in total. The van der Waals surface area contributed by atoms with E-state index in [4.69, 9.17) is 10.5 Å². The van der Waals surface area contributed by atoms with Crippen molar-refractivity contribution in [1.82, 2.24) is 4.90 Å². The number of para-hydroxylation sites is 2. The highest BCUT2D eigenvalue weighted by Crippen LogP contribution is 2.28. The number of piperidine rings is 1. The van der Waals surface area contributed by atoms with Crippen LogP contribution >= 0.6 is 24.8 Å². The van der Waals surface area contributed by atoms with Gasteiger partial charge >= 0.3 is 0 Å². The number of anilines is 1. The fourth-order valence-electron chi connectivity index (χ4n) is 2.66. The second-order valence-corrected chi connectivity index (χ2v) is 6.25. The molecule has 132 valence electrons. The van der Waals surface area contributed by atoms with E-state index in [2.05, 4.69) is 19.2 Å². The summed E-state index contributed by atoms with van der Waals surface area (Å²) in [5.41, 5.74) is 6.91. The Labute approximate surface area is 150 Å². The van der Waals surface area contributed by atoms with E-state index >= 15 is 0 Å². The fraction of sp³-hybridized carbons (Fsp3) is 0.562. The minimum atomic E-state index is -0.0294. The number of carbonyl (C=O) groups excluding carboxylic acids is 1. The zero-order valence-corrected chi connectivity index (χ0v) is 15.5. The van der Waals surface area contributed by atoms with Crippen LogP contribution in [-0.4, -0.2) is 43.6 Å². The number of nitrogens with two attached hydrogens (primary N) is 1. The summed E-state index contributed by atoms with van der Waals surface area (Å²) in [6, 6.07) is 7.75. The Bertz CT molecular complexity index is 512. The van der Waals surface area contributed by atoms with E-state index in [1.807, 2.05) is 29.2 Å². The normalized spacial score (nSPS) is 19.1. The lowest BCUT2D eigenvalue weighted by atomic mass is 9.79. The van der Waals surface area contributed by atoms with Crippen LogP contribution in [0.1, 0.15) is 20.3 Å². The number of halogens is 2. The smallest absolute Gasteiger partial charge is 0.241 e. The van der Waals surface area contributed by atoms with Gasteiger partial charge in [-0.2, -0.15) is 0 Å². The van der Waals surface area contributed by atoms with Gasteiger partial charge in [0.2, 0.25) is 5.91 Å². The fourth-order valence-corrected chi connectivity index (χ4v) is 2.66. The number of ether oxygens (including phenoxy) is 1. The number of benzene rings is 1. The highest BCUT2D eigenvalue weighted by molar-refractivity contribution is 5.85. The van der Waals surface area contributed by atoms with Crippen LogP contribution in [0.15, 0.2) is 24.3 Å². The van der Waals surface area contributed by atoms with Crippen molar-refractivity contribution >= 4 is 36.4 Å². The molecule has 1 unspecified atom stereocenters. The number of nitrogens with one attached hydrogen (secondary N) is 1. The Balaban J connectivity index is 0.00000242. The largest absolute Gasteiger partial charge is 0.495 e. The van der Waals surface area contributed by atoms with Crippen LogP contribution in [0.3, 0.4) is 0 Å². The highest BCUT2D eigenvalue weighted by Gasteiger charge is 2.35. The zero-order valence-electron chi connectivity index (χ0n) is 13.9. The van der Waals surface area contributed by atoms with Crippen molar-refractivity contribution in [3.8, 4) is 5.75 Å². The minimum absolute atomic E-state index is 0. The molecule has 0 aliphatic carbocycles. The molecule has 1 fully saturated rings. The first-order valence-corrected chi connectivity index (χ1v) is 7.34. The number of rotatable bonds is 4. The van der Waals surface area contributed by atoms with E-state index < -0.39 is 0 Å². The van der Waals surface area contributed by atoms with E-state index in [0.29, 0.717) is 6.54 Å². The molecule has 5 nitrogen and oxygen atoms in total. The zero-order chi connectivity index (χ0) is 15.5. The number of likely N-dealkylation sites (tertiary alicyclic amines) is 1. The standard InChI is InChI=1S/C16H25N3O2.2ClH/c1-16(2)11-19(9-8-14(16)17)15(20)10-18-12-6-4-5-7-13(12)21-3;;/h4-7,14,18H,8-11,17H2,1-3H3;2*1H. The third kappa shape index (κ3) is 5.44. The third-order valence-corrected chi connectivity index (χ3v) is 4.20. The lowest BCUT2D eigenvalue weighted by molar-refractivity contribution is -0.132. The topological polar surface area (TPSA) is 67.6 Å². The molecular weight excluding hydrogens is 337 g/mol. The maximum absolute atomic E-state index is 12.3. The Morgan fingerprint density at radius 1 is 1.39 bits per heavy atom. The quantitative estimate of drug-likeness (QED) is 0.862. The van der Waals surface area contributed by atoms with Crippen molar-refractivity contribution in [3.05, 3.63) is 24.3 Å². The van der Waals surface area contributed by atoms with Gasteiger partial charge in [0.15, 0.2) is 0 Å². The van der Waals surface area contributed by atoms with Gasteiger partial charge in [0.25, 0.3) is 0 Å². The number of hydrogen-bond donors (Lipinski definition) is 2. The Hall–Kier alpha value is -1.17. The summed E-state index contributed by atoms with van der Waals surface area (Å²) in [6.45, 7) is 5.94. The molecule has 0 saturated carbocycles. The van der Waals surface area contributed by atoms with Crippen molar-refractivity contribution in [1.29, 1.82) is 0 Å². The molecule has 1 aliphatic heterocycles. The van der Waals surface area contributed by atoms with Crippen LogP contribution in [0.4, 0.5) is 5.69 Å². The number of amides is 1. The lowest BCUT2D eigenvalue weighted by Gasteiger charge is -2.42. The van der Waals surface area contributed by atoms with Crippen LogP contribution in [0, 0.1) is 5.41 Å². The molecule has 1 heterocycles. The summed E-state index contributed by atoms with van der Waals surface area (Å²) in [6.07, 6.45) is 0.855. The Morgan fingerprint density at radius 2 is 2.04 bits per heavy atom. The molecule has 2 rings (SSSR count). The maximum Gasteiger partial charge on any atom is 0.241 e. The molecule has 0 radical (unpaired) electrons. The third-order valence-electron chi connectivity index (χ3n) is 4.20. The summed E-state index contributed by atoms with van der Waals surface area (Å²) in [5, 5.41) is 3.15. The SMILES string of the molecule is COc1ccccc1NCC(=O)N1CCC(N)C(C)(C)C1.Cl.Cl. The summed E-state index contributed by atoms with van der Waals surface area (Å²) < 4.78 is 5.27. The van der Waals surface area contributed by atoms with Gasteiger partial charge in [0.05, 0.1) is 19.3 Å². The average molecular weight is 364 g/mol. The van der Waals surface area contributed by atoms with Crippen LogP contribution in [-0.2, 0) is 4.79 Å². The second-order valence-electron chi connectivity index (χ2n) is 6.25. The molecular formula is C16H27Cl2N3O2. The van der Waals surface area contributed by atoms with Crippen molar-refractivity contribution in [2.24, 2.45) is 11.1 Å². The molecule has 0 bridgehead atoms. The number of hydrogen-bond acceptors (Lipinski definition) is 4. The second kappa shape index (κ2) is 9.21. The van der Waals surface area contributed by atoms with Crippen molar-refractivity contribution in [2.75, 3.05) is 32.1 Å². The van der Waals surface area contributed by atoms with E-state index in [1.54, 1.807) is 7.11 Å². The van der Waals surface area contributed by atoms with Crippen LogP contribution in [0.25, 0.3) is 0 Å².